The fraction of sp³-hybridized carbons (Fsp3) is 0.800. The predicted octanol–water partition coefficient (Wildman–Crippen LogP) is 4.76. The van der Waals surface area contributed by atoms with E-state index in [4.69, 9.17) is 9.84 Å². The number of allylic oxidation sites excluding steroid dienone is 1. The Morgan fingerprint density at radius 2 is 1.16 bits per heavy atom. The number of Topliss-reactive ketones (excluding diaryl/α,β-unsaturated/α-hetero) is 2. The third kappa shape index (κ3) is 8.01. The third-order valence-electron chi connectivity index (χ3n) is 18.6. The summed E-state index contributed by atoms with van der Waals surface area (Å²) in [6.07, 6.45) is 10.6. The molecule has 358 valence electrons. The molecule has 0 bridgehead atoms. The van der Waals surface area contributed by atoms with Crippen LogP contribution in [0.2, 0.25) is 0 Å². The van der Waals surface area contributed by atoms with Crippen molar-refractivity contribution in [3.63, 3.8) is 0 Å². The molecule has 0 saturated heterocycles. The van der Waals surface area contributed by atoms with Gasteiger partial charge in [0.25, 0.3) is 0 Å². The first-order chi connectivity index (χ1) is 30.0. The number of hydrogen-bond donors (Lipinski definition) is 7. The molecule has 64 heavy (non-hydrogen) atoms. The molecule has 0 aromatic rings. The second-order valence-corrected chi connectivity index (χ2v) is 21.6. The molecular formula is C50H74O14. The highest BCUT2D eigenvalue weighted by Gasteiger charge is 2.70. The second-order valence-electron chi connectivity index (χ2n) is 21.6. The van der Waals surface area contributed by atoms with E-state index in [0.29, 0.717) is 44.9 Å². The van der Waals surface area contributed by atoms with E-state index in [9.17, 15) is 59.4 Å². The van der Waals surface area contributed by atoms with E-state index in [1.807, 2.05) is 34.6 Å². The lowest BCUT2D eigenvalue weighted by molar-refractivity contribution is -0.197. The number of carbonyl (C=O) groups excluding carboxylic acids is 5. The quantitative estimate of drug-likeness (QED) is 0.154. The van der Waals surface area contributed by atoms with Gasteiger partial charge >= 0.3 is 11.9 Å². The van der Waals surface area contributed by atoms with Crippen molar-refractivity contribution in [3.05, 3.63) is 23.3 Å². The van der Waals surface area contributed by atoms with Crippen LogP contribution in [-0.4, -0.2) is 114 Å². The first-order valence-corrected chi connectivity index (χ1v) is 24.0. The highest BCUT2D eigenvalue weighted by atomic mass is 16.5. The molecule has 8 aliphatic rings. The monoisotopic (exact) mass is 899 g/mol. The van der Waals surface area contributed by atoms with Crippen molar-refractivity contribution in [2.75, 3.05) is 13.2 Å². The summed E-state index contributed by atoms with van der Waals surface area (Å²) in [5, 5.41) is 72.0. The van der Waals surface area contributed by atoms with Crippen LogP contribution in [0.15, 0.2) is 23.3 Å². The Morgan fingerprint density at radius 3 is 1.64 bits per heavy atom. The first-order valence-electron chi connectivity index (χ1n) is 24.0. The Balaban J connectivity index is 0.000000192. The summed E-state index contributed by atoms with van der Waals surface area (Å²) < 4.78 is 5.86. The molecule has 0 radical (unpaired) electrons. The minimum absolute atomic E-state index is 0.000559. The molecule has 0 amide bonds. The molecule has 0 aromatic heterocycles. The van der Waals surface area contributed by atoms with Gasteiger partial charge in [0.05, 0.1) is 12.2 Å². The average molecular weight is 899 g/mol. The summed E-state index contributed by atoms with van der Waals surface area (Å²) in [5.74, 6) is -1.74. The molecule has 7 N–H and O–H groups in total. The van der Waals surface area contributed by atoms with Crippen LogP contribution >= 0.6 is 0 Å². The van der Waals surface area contributed by atoms with Crippen LogP contribution in [0, 0.1) is 57.2 Å². The topological polar surface area (TPSA) is 253 Å². The SMILES string of the molecule is CCCC(=O)O.CCCC(=O)OC1CC(=O)C=C2CC[C@@H]3[C@H]([C@@H](O)C[C@@]4(C)[C@H]3CC[C@]4(O)C(=O)CO)[C@]21C.C[C@]12CCC(=O)C=C1CC[C@@H]1[C@@H]2[C@@H](O)C[C@@]2(C)[C@H]1CC[C@]2(O)C(=O)CO. The van der Waals surface area contributed by atoms with Gasteiger partial charge in [-0.1, -0.05) is 52.7 Å². The van der Waals surface area contributed by atoms with Gasteiger partial charge < -0.3 is 40.5 Å². The van der Waals surface area contributed by atoms with E-state index < -0.39 is 76.5 Å². The summed E-state index contributed by atoms with van der Waals surface area (Å²) in [5.41, 5.74) is -3.44. The second kappa shape index (κ2) is 18.5. The highest BCUT2D eigenvalue weighted by Crippen LogP contribution is 2.69. The summed E-state index contributed by atoms with van der Waals surface area (Å²) in [6.45, 7) is 10.4. The molecule has 14 heteroatoms. The number of aliphatic carboxylic acids is 1. The first kappa shape index (κ1) is 50.3. The fourth-order valence-electron chi connectivity index (χ4n) is 15.4. The maximum Gasteiger partial charge on any atom is 0.306 e. The van der Waals surface area contributed by atoms with Crippen LogP contribution in [-0.2, 0) is 33.5 Å². The largest absolute Gasteiger partial charge is 0.481 e. The zero-order valence-corrected chi connectivity index (χ0v) is 38.8. The van der Waals surface area contributed by atoms with Gasteiger partial charge in [-0.05, 0) is 131 Å². The molecule has 0 spiro atoms. The van der Waals surface area contributed by atoms with Crippen LogP contribution < -0.4 is 0 Å². The van der Waals surface area contributed by atoms with Crippen molar-refractivity contribution in [3.8, 4) is 0 Å². The number of rotatable bonds is 9. The molecule has 8 rings (SSSR count). The number of ketones is 4. The van der Waals surface area contributed by atoms with E-state index in [2.05, 4.69) is 6.92 Å². The normalized spacial score (nSPS) is 44.0. The van der Waals surface area contributed by atoms with E-state index >= 15 is 0 Å². The molecule has 0 aromatic carbocycles. The standard InChI is InChI=1S/C25H36O7.C21H30O5.C4H8O2/c1-4-5-21(30)32-20-11-15(27)10-14-6-7-16-17-8-9-25(31,19(29)13-26)23(17,2)12-18(28)22(16)24(14,20)3;1-19-7-5-13(23)9-12(19)3-4-14-15-6-8-21(26,17(25)11-22)20(15,2)10-16(24)18(14)19;1-2-3-4(5)6/h10,16-18,20,22,26,28,31H,4-9,11-13H2,1-3H3;9,14-16,18,22,24,26H,3-8,10-11H2,1-2H3;2-3H2,1H3,(H,5,6)/t16-,17-,18-,20?,22+,23-,24+,25-;14-,15-,16-,18+,19-,20-,21-;/m00./s1. The van der Waals surface area contributed by atoms with Crippen molar-refractivity contribution >= 4 is 35.1 Å². The molecule has 8 aliphatic carbocycles. The molecule has 0 heterocycles. The van der Waals surface area contributed by atoms with E-state index in [-0.39, 0.29) is 84.1 Å². The Hall–Kier alpha value is -3.14. The van der Waals surface area contributed by atoms with Gasteiger partial charge in [0.15, 0.2) is 23.1 Å². The van der Waals surface area contributed by atoms with Gasteiger partial charge in [0.2, 0.25) is 0 Å². The van der Waals surface area contributed by atoms with Crippen LogP contribution in [0.4, 0.5) is 0 Å². The summed E-state index contributed by atoms with van der Waals surface area (Å²) in [7, 11) is 0. The van der Waals surface area contributed by atoms with Gasteiger partial charge in [0.1, 0.15) is 30.5 Å². The molecular weight excluding hydrogens is 825 g/mol. The Bertz CT molecular complexity index is 1920. The predicted molar refractivity (Wildman–Crippen MR) is 233 cm³/mol. The third-order valence-corrected chi connectivity index (χ3v) is 18.6. The minimum atomic E-state index is -1.65. The lowest BCUT2D eigenvalue weighted by Gasteiger charge is -2.61. The van der Waals surface area contributed by atoms with E-state index in [0.717, 1.165) is 44.1 Å². The number of aliphatic hydroxyl groups excluding tert-OH is 4. The number of carboxylic acid groups (broad SMARTS) is 1. The minimum Gasteiger partial charge on any atom is -0.481 e. The molecule has 14 nitrogen and oxygen atoms in total. The number of esters is 1. The number of hydrogen-bond acceptors (Lipinski definition) is 13. The molecule has 6 saturated carbocycles. The Morgan fingerprint density at radius 1 is 0.672 bits per heavy atom. The van der Waals surface area contributed by atoms with Crippen molar-refractivity contribution in [1.29, 1.82) is 0 Å². The fourth-order valence-corrected chi connectivity index (χ4v) is 15.4. The molecule has 15 atom stereocenters. The van der Waals surface area contributed by atoms with E-state index in [1.165, 1.54) is 5.57 Å². The lowest BCUT2D eigenvalue weighted by Crippen LogP contribution is -2.64. The maximum atomic E-state index is 12.5. The Kier molecular flexibility index (Phi) is 14.5. The zero-order chi connectivity index (χ0) is 47.4. The van der Waals surface area contributed by atoms with Gasteiger partial charge in [-0.15, -0.1) is 0 Å². The molecule has 6 fully saturated rings. The zero-order valence-electron chi connectivity index (χ0n) is 38.8. The number of carbonyl (C=O) groups is 6. The van der Waals surface area contributed by atoms with Gasteiger partial charge in [-0.3, -0.25) is 28.8 Å². The molecule has 0 aliphatic heterocycles. The van der Waals surface area contributed by atoms with Crippen molar-refractivity contribution < 1.29 is 69.2 Å². The van der Waals surface area contributed by atoms with Crippen molar-refractivity contribution in [2.45, 2.75) is 180 Å². The summed E-state index contributed by atoms with van der Waals surface area (Å²) in [4.78, 5) is 71.2. The van der Waals surface area contributed by atoms with Crippen molar-refractivity contribution in [2.24, 2.45) is 57.2 Å². The van der Waals surface area contributed by atoms with Gasteiger partial charge in [-0.2, -0.15) is 0 Å². The van der Waals surface area contributed by atoms with Crippen LogP contribution in [0.3, 0.4) is 0 Å². The summed E-state index contributed by atoms with van der Waals surface area (Å²) >= 11 is 0. The van der Waals surface area contributed by atoms with Crippen LogP contribution in [0.1, 0.15) is 151 Å². The van der Waals surface area contributed by atoms with Crippen molar-refractivity contribution in [1.82, 2.24) is 0 Å². The average Bonchev–Trinajstić information content (AvgIpc) is 3.66. The number of fused-ring (bicyclic) bond motifs is 10. The van der Waals surface area contributed by atoms with Crippen LogP contribution in [0.25, 0.3) is 0 Å². The van der Waals surface area contributed by atoms with Gasteiger partial charge in [0, 0.05) is 47.8 Å². The van der Waals surface area contributed by atoms with E-state index in [1.54, 1.807) is 12.2 Å². The number of carboxylic acids is 1. The van der Waals surface area contributed by atoms with Crippen LogP contribution in [0.5, 0.6) is 0 Å². The Labute approximate surface area is 377 Å². The van der Waals surface area contributed by atoms with Gasteiger partial charge in [-0.25, -0.2) is 0 Å². The number of aliphatic hydroxyl groups is 6. The smallest absolute Gasteiger partial charge is 0.306 e. The highest BCUT2D eigenvalue weighted by molar-refractivity contribution is 5.93. The molecule has 1 unspecified atom stereocenters. The number of ether oxygens (including phenoxy) is 1. The maximum absolute atomic E-state index is 12.5. The lowest BCUT2D eigenvalue weighted by atomic mass is 9.44. The summed E-state index contributed by atoms with van der Waals surface area (Å²) in [6, 6.07) is 0.